The number of fused-ring (bicyclic) bond motifs is 1. The van der Waals surface area contributed by atoms with Gasteiger partial charge in [0.25, 0.3) is 0 Å². The molecule has 1 heterocycles. The Labute approximate surface area is 119 Å². The molecule has 0 unspecified atom stereocenters. The molecule has 6 heteroatoms. The van der Waals surface area contributed by atoms with Gasteiger partial charge < -0.3 is 5.43 Å². The molecular weight excluding hydrogens is 279 g/mol. The fourth-order valence-corrected chi connectivity index (χ4v) is 2.16. The second-order valence-electron chi connectivity index (χ2n) is 4.16. The predicted molar refractivity (Wildman–Crippen MR) is 77.8 cm³/mol. The van der Waals surface area contributed by atoms with Gasteiger partial charge in [0.2, 0.25) is 0 Å². The van der Waals surface area contributed by atoms with Gasteiger partial charge in [-0.05, 0) is 24.3 Å². The van der Waals surface area contributed by atoms with Crippen molar-refractivity contribution in [1.82, 2.24) is 9.97 Å². The van der Waals surface area contributed by atoms with Gasteiger partial charge in [-0.1, -0.05) is 29.8 Å². The molecule has 0 saturated carbocycles. The van der Waals surface area contributed by atoms with Gasteiger partial charge in [-0.3, -0.25) is 0 Å². The van der Waals surface area contributed by atoms with Crippen LogP contribution in [-0.2, 0) is 0 Å². The summed E-state index contributed by atoms with van der Waals surface area (Å²) in [5, 5.41) is 0.794. The molecule has 0 bridgehead atoms. The number of nitrogens with two attached hydrogens (primary N) is 1. The van der Waals surface area contributed by atoms with Crippen LogP contribution >= 0.6 is 11.6 Å². The third kappa shape index (κ3) is 2.07. The molecule has 2 aromatic carbocycles. The summed E-state index contributed by atoms with van der Waals surface area (Å²) < 4.78 is 14.1. The zero-order valence-corrected chi connectivity index (χ0v) is 11.0. The van der Waals surface area contributed by atoms with Gasteiger partial charge in [0.1, 0.15) is 0 Å². The van der Waals surface area contributed by atoms with Crippen molar-refractivity contribution >= 4 is 28.3 Å². The number of hydrogen-bond acceptors (Lipinski definition) is 4. The first-order valence-corrected chi connectivity index (χ1v) is 6.26. The third-order valence-corrected chi connectivity index (χ3v) is 3.22. The summed E-state index contributed by atoms with van der Waals surface area (Å²) in [5.74, 6) is 5.59. The van der Waals surface area contributed by atoms with Crippen LogP contribution in [0.1, 0.15) is 0 Å². The Morgan fingerprint density at radius 2 is 1.85 bits per heavy atom. The first-order valence-electron chi connectivity index (χ1n) is 5.88. The van der Waals surface area contributed by atoms with Crippen LogP contribution < -0.4 is 11.3 Å². The fourth-order valence-electron chi connectivity index (χ4n) is 1.98. The van der Waals surface area contributed by atoms with Gasteiger partial charge >= 0.3 is 0 Å². The highest BCUT2D eigenvalue weighted by atomic mass is 35.5. The molecule has 3 rings (SSSR count). The maximum absolute atomic E-state index is 14.1. The lowest BCUT2D eigenvalue weighted by atomic mass is 10.1. The monoisotopic (exact) mass is 288 g/mol. The molecular formula is C14H10ClFN4. The molecule has 100 valence electrons. The first-order chi connectivity index (χ1) is 9.70. The molecule has 3 N–H and O–H groups in total. The van der Waals surface area contributed by atoms with E-state index in [0.29, 0.717) is 11.3 Å². The summed E-state index contributed by atoms with van der Waals surface area (Å²) in [7, 11) is 0. The second-order valence-corrected chi connectivity index (χ2v) is 4.57. The minimum absolute atomic E-state index is 0.0292. The molecule has 3 aromatic rings. The number of nitrogen functional groups attached to an aromatic ring is 1. The third-order valence-electron chi connectivity index (χ3n) is 2.93. The van der Waals surface area contributed by atoms with E-state index in [2.05, 4.69) is 15.4 Å². The number of aromatic nitrogens is 2. The van der Waals surface area contributed by atoms with Gasteiger partial charge in [0.15, 0.2) is 17.5 Å². The van der Waals surface area contributed by atoms with E-state index < -0.39 is 5.82 Å². The van der Waals surface area contributed by atoms with E-state index in [1.807, 2.05) is 24.3 Å². The van der Waals surface area contributed by atoms with Crippen molar-refractivity contribution in [3.8, 4) is 11.4 Å². The van der Waals surface area contributed by atoms with Crippen molar-refractivity contribution in [1.29, 1.82) is 0 Å². The van der Waals surface area contributed by atoms with Gasteiger partial charge in [-0.25, -0.2) is 20.2 Å². The molecule has 0 aliphatic rings. The highest BCUT2D eigenvalue weighted by Crippen LogP contribution is 2.28. The van der Waals surface area contributed by atoms with E-state index >= 15 is 0 Å². The van der Waals surface area contributed by atoms with Crippen LogP contribution in [0, 0.1) is 5.82 Å². The van der Waals surface area contributed by atoms with Gasteiger partial charge in [-0.2, -0.15) is 0 Å². The smallest absolute Gasteiger partial charge is 0.165 e. The van der Waals surface area contributed by atoms with Gasteiger partial charge in [0, 0.05) is 5.39 Å². The number of hydrogen-bond donors (Lipinski definition) is 2. The highest BCUT2D eigenvalue weighted by molar-refractivity contribution is 6.31. The van der Waals surface area contributed by atoms with Crippen LogP contribution in [0.4, 0.5) is 10.2 Å². The van der Waals surface area contributed by atoms with E-state index in [1.165, 1.54) is 6.07 Å². The maximum atomic E-state index is 14.1. The van der Waals surface area contributed by atoms with Crippen LogP contribution in [0.3, 0.4) is 0 Å². The standard InChI is InChI=1S/C14H10ClFN4/c15-10-6-3-5-9(12(10)16)13-18-11-7-2-1-4-8(11)14(19-13)20-17/h1-7H,17H2,(H,18,19,20). The first kappa shape index (κ1) is 12.8. The van der Waals surface area contributed by atoms with Crippen LogP contribution in [-0.4, -0.2) is 9.97 Å². The Kier molecular flexibility index (Phi) is 3.22. The van der Waals surface area contributed by atoms with Crippen LogP contribution in [0.15, 0.2) is 42.5 Å². The summed E-state index contributed by atoms with van der Waals surface area (Å²) in [4.78, 5) is 8.60. The summed E-state index contributed by atoms with van der Waals surface area (Å²) in [6.07, 6.45) is 0. The molecule has 0 fully saturated rings. The Morgan fingerprint density at radius 1 is 1.05 bits per heavy atom. The topological polar surface area (TPSA) is 63.8 Å². The van der Waals surface area contributed by atoms with Crippen molar-refractivity contribution in [2.75, 3.05) is 5.43 Å². The normalized spacial score (nSPS) is 10.8. The number of rotatable bonds is 2. The molecule has 1 aromatic heterocycles. The highest BCUT2D eigenvalue weighted by Gasteiger charge is 2.13. The summed E-state index contributed by atoms with van der Waals surface area (Å²) >= 11 is 5.78. The zero-order valence-electron chi connectivity index (χ0n) is 10.3. The summed E-state index contributed by atoms with van der Waals surface area (Å²) in [6.45, 7) is 0. The molecule has 0 spiro atoms. The molecule has 4 nitrogen and oxygen atoms in total. The van der Waals surface area contributed by atoms with Crippen molar-refractivity contribution in [3.63, 3.8) is 0 Å². The zero-order chi connectivity index (χ0) is 14.1. The van der Waals surface area contributed by atoms with E-state index in [1.54, 1.807) is 12.1 Å². The molecule has 0 radical (unpaired) electrons. The van der Waals surface area contributed by atoms with E-state index in [-0.39, 0.29) is 16.4 Å². The van der Waals surface area contributed by atoms with E-state index in [4.69, 9.17) is 17.4 Å². The molecule has 0 saturated heterocycles. The van der Waals surface area contributed by atoms with Gasteiger partial charge in [-0.15, -0.1) is 0 Å². The van der Waals surface area contributed by atoms with Crippen molar-refractivity contribution < 1.29 is 4.39 Å². The molecule has 0 amide bonds. The number of nitrogens with zero attached hydrogens (tertiary/aromatic N) is 2. The molecule has 0 aliphatic carbocycles. The Bertz CT molecular complexity index is 791. The summed E-state index contributed by atoms with van der Waals surface area (Å²) in [6, 6.07) is 12.0. The quantitative estimate of drug-likeness (QED) is 0.560. The molecule has 0 aliphatic heterocycles. The average Bonchev–Trinajstić information content (AvgIpc) is 2.49. The van der Waals surface area contributed by atoms with Crippen molar-refractivity contribution in [2.24, 2.45) is 5.84 Å². The maximum Gasteiger partial charge on any atom is 0.165 e. The number of para-hydroxylation sites is 1. The minimum Gasteiger partial charge on any atom is -0.308 e. The van der Waals surface area contributed by atoms with Crippen molar-refractivity contribution in [2.45, 2.75) is 0 Å². The Hall–Kier alpha value is -2.24. The Balaban J connectivity index is 2.29. The number of halogens is 2. The lowest BCUT2D eigenvalue weighted by molar-refractivity contribution is 0.630. The number of hydrazine groups is 1. The second kappa shape index (κ2) is 5.03. The molecule has 20 heavy (non-hydrogen) atoms. The molecule has 0 atom stereocenters. The van der Waals surface area contributed by atoms with Crippen LogP contribution in [0.5, 0.6) is 0 Å². The largest absolute Gasteiger partial charge is 0.308 e. The van der Waals surface area contributed by atoms with E-state index in [0.717, 1.165) is 5.39 Å². The summed E-state index contributed by atoms with van der Waals surface area (Å²) in [5.41, 5.74) is 3.41. The van der Waals surface area contributed by atoms with Gasteiger partial charge in [0.05, 0.1) is 16.1 Å². The number of nitrogens with one attached hydrogen (secondary N) is 1. The number of benzene rings is 2. The van der Waals surface area contributed by atoms with Crippen LogP contribution in [0.2, 0.25) is 5.02 Å². The number of anilines is 1. The van der Waals surface area contributed by atoms with Crippen molar-refractivity contribution in [3.05, 3.63) is 53.3 Å². The van der Waals surface area contributed by atoms with Crippen LogP contribution in [0.25, 0.3) is 22.3 Å². The Morgan fingerprint density at radius 3 is 2.65 bits per heavy atom. The lowest BCUT2D eigenvalue weighted by Gasteiger charge is -2.09. The lowest BCUT2D eigenvalue weighted by Crippen LogP contribution is -2.10. The average molecular weight is 289 g/mol. The predicted octanol–water partition coefficient (Wildman–Crippen LogP) is 3.37. The van der Waals surface area contributed by atoms with E-state index in [9.17, 15) is 4.39 Å². The minimum atomic E-state index is -0.549. The fraction of sp³-hybridized carbons (Fsp3) is 0. The SMILES string of the molecule is NNc1nc(-c2cccc(Cl)c2F)nc2ccccc12.